The molecule has 0 aromatic carbocycles. The predicted molar refractivity (Wildman–Crippen MR) is 51.5 cm³/mol. The zero-order valence-electron chi connectivity index (χ0n) is 8.45. The predicted octanol–water partition coefficient (Wildman–Crippen LogP) is 0.133. The lowest BCUT2D eigenvalue weighted by Gasteiger charge is -2.35. The SMILES string of the molecule is CC1CCNCC1N1C(=O)CCC1=O. The molecule has 0 aromatic heterocycles. The van der Waals surface area contributed by atoms with Crippen LogP contribution in [0.1, 0.15) is 26.2 Å². The highest BCUT2D eigenvalue weighted by Crippen LogP contribution is 2.23. The first-order valence-electron chi connectivity index (χ1n) is 5.26. The van der Waals surface area contributed by atoms with Crippen LogP contribution in [0.3, 0.4) is 0 Å². The summed E-state index contributed by atoms with van der Waals surface area (Å²) < 4.78 is 0. The molecule has 14 heavy (non-hydrogen) atoms. The van der Waals surface area contributed by atoms with Crippen LogP contribution in [-0.2, 0) is 9.59 Å². The number of amides is 2. The van der Waals surface area contributed by atoms with Gasteiger partial charge in [0.25, 0.3) is 0 Å². The van der Waals surface area contributed by atoms with Crippen LogP contribution in [0.15, 0.2) is 0 Å². The van der Waals surface area contributed by atoms with E-state index in [4.69, 9.17) is 0 Å². The van der Waals surface area contributed by atoms with Crippen LogP contribution in [0.4, 0.5) is 0 Å². The summed E-state index contributed by atoms with van der Waals surface area (Å²) in [5.74, 6) is 0.452. The third-order valence-corrected chi connectivity index (χ3v) is 3.21. The Hall–Kier alpha value is -0.900. The highest BCUT2D eigenvalue weighted by atomic mass is 16.2. The Morgan fingerprint density at radius 3 is 2.50 bits per heavy atom. The van der Waals surface area contributed by atoms with Crippen molar-refractivity contribution in [2.45, 2.75) is 32.2 Å². The molecule has 2 unspecified atom stereocenters. The Kier molecular flexibility index (Phi) is 2.54. The van der Waals surface area contributed by atoms with E-state index in [1.54, 1.807) is 0 Å². The minimum atomic E-state index is 0.00977. The fraction of sp³-hybridized carbons (Fsp3) is 0.800. The van der Waals surface area contributed by atoms with Crippen LogP contribution in [-0.4, -0.2) is 35.8 Å². The summed E-state index contributed by atoms with van der Waals surface area (Å²) in [6.45, 7) is 3.87. The van der Waals surface area contributed by atoms with Crippen molar-refractivity contribution < 1.29 is 9.59 Å². The second-order valence-electron chi connectivity index (χ2n) is 4.19. The molecule has 0 aromatic rings. The van der Waals surface area contributed by atoms with Gasteiger partial charge in [0.15, 0.2) is 0 Å². The normalized spacial score (nSPS) is 33.9. The van der Waals surface area contributed by atoms with Crippen molar-refractivity contribution in [1.82, 2.24) is 10.2 Å². The van der Waals surface area contributed by atoms with Crippen molar-refractivity contribution in [2.75, 3.05) is 13.1 Å². The second kappa shape index (κ2) is 3.69. The lowest BCUT2D eigenvalue weighted by Crippen LogP contribution is -2.52. The molecule has 0 aliphatic carbocycles. The van der Waals surface area contributed by atoms with Crippen LogP contribution >= 0.6 is 0 Å². The zero-order chi connectivity index (χ0) is 10.1. The molecule has 2 heterocycles. The number of hydrogen-bond donors (Lipinski definition) is 1. The van der Waals surface area contributed by atoms with E-state index in [9.17, 15) is 9.59 Å². The van der Waals surface area contributed by atoms with E-state index in [-0.39, 0.29) is 17.9 Å². The standard InChI is InChI=1S/C10H16N2O2/c1-7-4-5-11-6-8(7)12-9(13)2-3-10(12)14/h7-8,11H,2-6H2,1H3. The molecule has 1 N–H and O–H groups in total. The smallest absolute Gasteiger partial charge is 0.229 e. The van der Waals surface area contributed by atoms with Gasteiger partial charge in [-0.1, -0.05) is 6.92 Å². The van der Waals surface area contributed by atoms with Gasteiger partial charge in [-0.15, -0.1) is 0 Å². The van der Waals surface area contributed by atoms with Gasteiger partial charge in [-0.2, -0.15) is 0 Å². The topological polar surface area (TPSA) is 49.4 Å². The summed E-state index contributed by atoms with van der Waals surface area (Å²) in [4.78, 5) is 24.5. The van der Waals surface area contributed by atoms with E-state index in [2.05, 4.69) is 12.2 Å². The highest BCUT2D eigenvalue weighted by molar-refractivity contribution is 6.02. The van der Waals surface area contributed by atoms with E-state index >= 15 is 0 Å². The third-order valence-electron chi connectivity index (χ3n) is 3.21. The molecule has 2 fully saturated rings. The Bertz CT molecular complexity index is 249. The molecule has 4 heteroatoms. The fourth-order valence-electron chi connectivity index (χ4n) is 2.28. The van der Waals surface area contributed by atoms with Gasteiger partial charge in [0.1, 0.15) is 0 Å². The highest BCUT2D eigenvalue weighted by Gasteiger charge is 2.38. The van der Waals surface area contributed by atoms with E-state index in [0.29, 0.717) is 18.8 Å². The molecule has 0 spiro atoms. The van der Waals surface area contributed by atoms with Gasteiger partial charge in [0.05, 0.1) is 6.04 Å². The number of carbonyl (C=O) groups is 2. The number of carbonyl (C=O) groups excluding carboxylic acids is 2. The monoisotopic (exact) mass is 196 g/mol. The lowest BCUT2D eigenvalue weighted by molar-refractivity contribution is -0.142. The second-order valence-corrected chi connectivity index (χ2v) is 4.19. The van der Waals surface area contributed by atoms with E-state index < -0.39 is 0 Å². The number of nitrogens with zero attached hydrogens (tertiary/aromatic N) is 1. The molecule has 0 radical (unpaired) electrons. The Labute approximate surface area is 83.6 Å². The Morgan fingerprint density at radius 2 is 1.93 bits per heavy atom. The first-order chi connectivity index (χ1) is 6.70. The lowest BCUT2D eigenvalue weighted by atomic mass is 9.93. The number of hydrogen-bond acceptors (Lipinski definition) is 3. The summed E-state index contributed by atoms with van der Waals surface area (Å²) in [5.41, 5.74) is 0. The molecular weight excluding hydrogens is 180 g/mol. The van der Waals surface area contributed by atoms with Gasteiger partial charge in [-0.05, 0) is 18.9 Å². The van der Waals surface area contributed by atoms with Crippen molar-refractivity contribution in [1.29, 1.82) is 0 Å². The summed E-state index contributed by atoms with van der Waals surface area (Å²) >= 11 is 0. The average Bonchev–Trinajstić information content (AvgIpc) is 2.48. The van der Waals surface area contributed by atoms with E-state index in [0.717, 1.165) is 19.5 Å². The quantitative estimate of drug-likeness (QED) is 0.607. The van der Waals surface area contributed by atoms with Gasteiger partial charge in [-0.3, -0.25) is 14.5 Å². The summed E-state index contributed by atoms with van der Waals surface area (Å²) in [7, 11) is 0. The van der Waals surface area contributed by atoms with Crippen LogP contribution in [0.25, 0.3) is 0 Å². The minimum Gasteiger partial charge on any atom is -0.315 e. The van der Waals surface area contributed by atoms with Crippen molar-refractivity contribution in [3.63, 3.8) is 0 Å². The molecule has 0 bridgehead atoms. The number of nitrogens with one attached hydrogen (secondary N) is 1. The van der Waals surface area contributed by atoms with E-state index in [1.165, 1.54) is 4.90 Å². The molecule has 0 saturated carbocycles. The van der Waals surface area contributed by atoms with Crippen molar-refractivity contribution in [2.24, 2.45) is 5.92 Å². The molecule has 78 valence electrons. The summed E-state index contributed by atoms with van der Waals surface area (Å²) in [5, 5.41) is 3.24. The maximum absolute atomic E-state index is 11.5. The first kappa shape index (κ1) is 9.65. The minimum absolute atomic E-state index is 0.00977. The molecule has 2 atom stereocenters. The summed E-state index contributed by atoms with van der Waals surface area (Å²) in [6.07, 6.45) is 1.85. The van der Waals surface area contributed by atoms with Crippen molar-refractivity contribution in [3.05, 3.63) is 0 Å². The van der Waals surface area contributed by atoms with Crippen LogP contribution in [0.2, 0.25) is 0 Å². The zero-order valence-corrected chi connectivity index (χ0v) is 8.45. The van der Waals surface area contributed by atoms with Gasteiger partial charge in [0.2, 0.25) is 11.8 Å². The van der Waals surface area contributed by atoms with E-state index in [1.807, 2.05) is 0 Å². The molecule has 2 saturated heterocycles. The number of piperidine rings is 1. The van der Waals surface area contributed by atoms with Gasteiger partial charge < -0.3 is 5.32 Å². The van der Waals surface area contributed by atoms with Crippen LogP contribution in [0.5, 0.6) is 0 Å². The molecule has 2 aliphatic rings. The number of imide groups is 1. The number of likely N-dealkylation sites (tertiary alicyclic amines) is 1. The van der Waals surface area contributed by atoms with Crippen LogP contribution < -0.4 is 5.32 Å². The average molecular weight is 196 g/mol. The molecule has 4 nitrogen and oxygen atoms in total. The number of rotatable bonds is 1. The van der Waals surface area contributed by atoms with Crippen molar-refractivity contribution >= 4 is 11.8 Å². The van der Waals surface area contributed by atoms with Gasteiger partial charge in [-0.25, -0.2) is 0 Å². The molecule has 2 aliphatic heterocycles. The fourth-order valence-corrected chi connectivity index (χ4v) is 2.28. The van der Waals surface area contributed by atoms with Crippen molar-refractivity contribution in [3.8, 4) is 0 Å². The summed E-state index contributed by atoms with van der Waals surface area (Å²) in [6, 6.07) is 0.0891. The Balaban J connectivity index is 2.12. The third kappa shape index (κ3) is 1.54. The molecular formula is C10H16N2O2. The van der Waals surface area contributed by atoms with Gasteiger partial charge >= 0.3 is 0 Å². The largest absolute Gasteiger partial charge is 0.315 e. The van der Waals surface area contributed by atoms with Gasteiger partial charge in [0, 0.05) is 19.4 Å². The molecule has 2 amide bonds. The van der Waals surface area contributed by atoms with Crippen LogP contribution in [0, 0.1) is 5.92 Å². The Morgan fingerprint density at radius 1 is 1.29 bits per heavy atom. The first-order valence-corrected chi connectivity index (χ1v) is 5.26. The maximum Gasteiger partial charge on any atom is 0.229 e. The molecule has 2 rings (SSSR count). The maximum atomic E-state index is 11.5.